The predicted molar refractivity (Wildman–Crippen MR) is 89.7 cm³/mol. The van der Waals surface area contributed by atoms with E-state index in [1.165, 1.54) is 0 Å². The van der Waals surface area contributed by atoms with Crippen LogP contribution in [0.15, 0.2) is 24.3 Å². The molecule has 2 rings (SSSR count). The molecule has 0 bridgehead atoms. The van der Waals surface area contributed by atoms with Crippen molar-refractivity contribution in [2.45, 2.75) is 18.5 Å². The zero-order chi connectivity index (χ0) is 16.7. The molecule has 128 valence electrons. The van der Waals surface area contributed by atoms with Crippen LogP contribution in [-0.2, 0) is 9.53 Å². The lowest BCUT2D eigenvalue weighted by molar-refractivity contribution is -0.122. The number of likely N-dealkylation sites (N-methyl/N-ethyl adjacent to an activating group) is 1. The number of rotatable bonds is 7. The highest BCUT2D eigenvalue weighted by molar-refractivity contribution is 5.76. The number of carbonyl (C=O) groups is 1. The minimum atomic E-state index is 0.0442. The van der Waals surface area contributed by atoms with Gasteiger partial charge in [-0.25, -0.2) is 0 Å². The Bertz CT molecular complexity index is 502. The van der Waals surface area contributed by atoms with Crippen LogP contribution >= 0.6 is 0 Å². The van der Waals surface area contributed by atoms with Gasteiger partial charge in [-0.15, -0.1) is 0 Å². The van der Waals surface area contributed by atoms with Gasteiger partial charge in [-0.05, 0) is 31.8 Å². The first-order valence-corrected chi connectivity index (χ1v) is 7.98. The fourth-order valence-electron chi connectivity index (χ4n) is 2.70. The van der Waals surface area contributed by atoms with Crippen LogP contribution in [-0.4, -0.2) is 64.4 Å². The summed E-state index contributed by atoms with van der Waals surface area (Å²) in [5.41, 5.74) is 1.12. The number of hydrogen-bond donors (Lipinski definition) is 2. The Morgan fingerprint density at radius 2 is 2.35 bits per heavy atom. The van der Waals surface area contributed by atoms with Gasteiger partial charge in [0.2, 0.25) is 5.91 Å². The van der Waals surface area contributed by atoms with Crippen molar-refractivity contribution in [3.05, 3.63) is 29.8 Å². The Morgan fingerprint density at radius 3 is 3.00 bits per heavy atom. The van der Waals surface area contributed by atoms with E-state index in [0.29, 0.717) is 19.6 Å². The van der Waals surface area contributed by atoms with Crippen LogP contribution < -0.4 is 15.4 Å². The molecule has 0 spiro atoms. The van der Waals surface area contributed by atoms with Crippen molar-refractivity contribution >= 4 is 5.91 Å². The normalized spacial score (nSPS) is 19.4. The van der Waals surface area contributed by atoms with Crippen LogP contribution in [0, 0.1) is 0 Å². The van der Waals surface area contributed by atoms with Crippen molar-refractivity contribution in [2.24, 2.45) is 0 Å². The third kappa shape index (κ3) is 5.49. The lowest BCUT2D eigenvalue weighted by Crippen LogP contribution is -2.45. The van der Waals surface area contributed by atoms with Gasteiger partial charge in [-0.1, -0.05) is 12.1 Å². The Labute approximate surface area is 138 Å². The van der Waals surface area contributed by atoms with Crippen molar-refractivity contribution < 1.29 is 14.3 Å². The molecule has 1 aliphatic rings. The van der Waals surface area contributed by atoms with Crippen LogP contribution in [0.2, 0.25) is 0 Å². The Kier molecular flexibility index (Phi) is 6.83. The fourth-order valence-corrected chi connectivity index (χ4v) is 2.70. The highest BCUT2D eigenvalue weighted by Crippen LogP contribution is 2.22. The fraction of sp³-hybridized carbons (Fsp3) is 0.588. The van der Waals surface area contributed by atoms with Gasteiger partial charge in [-0.2, -0.15) is 0 Å². The summed E-state index contributed by atoms with van der Waals surface area (Å²) < 4.78 is 10.7. The molecule has 1 fully saturated rings. The maximum Gasteiger partial charge on any atom is 0.221 e. The number of hydrogen-bond acceptors (Lipinski definition) is 5. The van der Waals surface area contributed by atoms with Crippen LogP contribution in [0.5, 0.6) is 5.75 Å². The molecule has 2 unspecified atom stereocenters. The van der Waals surface area contributed by atoms with Gasteiger partial charge in [0.25, 0.3) is 0 Å². The molecule has 23 heavy (non-hydrogen) atoms. The quantitative estimate of drug-likeness (QED) is 0.777. The molecule has 2 atom stereocenters. The Balaban J connectivity index is 1.90. The lowest BCUT2D eigenvalue weighted by atomic mass is 10.1. The maximum absolute atomic E-state index is 12.1. The van der Waals surface area contributed by atoms with Crippen LogP contribution in [0.1, 0.15) is 18.0 Å². The molecule has 0 radical (unpaired) electrons. The molecule has 1 aliphatic heterocycles. The molecule has 1 aromatic carbocycles. The van der Waals surface area contributed by atoms with Gasteiger partial charge in [0.05, 0.1) is 26.4 Å². The molecule has 2 N–H and O–H groups in total. The second kappa shape index (κ2) is 8.86. The average molecular weight is 321 g/mol. The standard InChI is InChI=1S/C17H27N3O3/c1-20(2)16(13-5-4-6-15(9-13)22-3)11-19-17(21)10-14-12-23-8-7-18-14/h4-6,9,14,16,18H,7-8,10-12H2,1-3H3,(H,19,21). The Hall–Kier alpha value is -1.63. The number of amides is 1. The summed E-state index contributed by atoms with van der Waals surface area (Å²) in [5.74, 6) is 0.868. The summed E-state index contributed by atoms with van der Waals surface area (Å²) >= 11 is 0. The van der Waals surface area contributed by atoms with Gasteiger partial charge in [0, 0.05) is 25.6 Å². The largest absolute Gasteiger partial charge is 0.497 e. The summed E-state index contributed by atoms with van der Waals surface area (Å²) in [7, 11) is 5.67. The van der Waals surface area contributed by atoms with Crippen molar-refractivity contribution in [2.75, 3.05) is 47.5 Å². The lowest BCUT2D eigenvalue weighted by Gasteiger charge is -2.27. The van der Waals surface area contributed by atoms with Crippen LogP contribution in [0.4, 0.5) is 0 Å². The number of ether oxygens (including phenoxy) is 2. The van der Waals surface area contributed by atoms with Gasteiger partial charge in [0.15, 0.2) is 0 Å². The molecule has 1 heterocycles. The van der Waals surface area contributed by atoms with Crippen LogP contribution in [0.25, 0.3) is 0 Å². The number of morpholine rings is 1. The summed E-state index contributed by atoms with van der Waals surface area (Å²) in [6, 6.07) is 8.16. The van der Waals surface area contributed by atoms with E-state index in [2.05, 4.69) is 21.6 Å². The monoisotopic (exact) mass is 321 g/mol. The average Bonchev–Trinajstić information content (AvgIpc) is 2.56. The van der Waals surface area contributed by atoms with E-state index in [4.69, 9.17) is 9.47 Å². The summed E-state index contributed by atoms with van der Waals surface area (Å²) in [6.07, 6.45) is 0.443. The highest BCUT2D eigenvalue weighted by atomic mass is 16.5. The Morgan fingerprint density at radius 1 is 1.52 bits per heavy atom. The van der Waals surface area contributed by atoms with Crippen molar-refractivity contribution in [3.8, 4) is 5.75 Å². The highest BCUT2D eigenvalue weighted by Gasteiger charge is 2.19. The van der Waals surface area contributed by atoms with E-state index in [0.717, 1.165) is 24.5 Å². The van der Waals surface area contributed by atoms with E-state index in [1.54, 1.807) is 7.11 Å². The van der Waals surface area contributed by atoms with Crippen LogP contribution in [0.3, 0.4) is 0 Å². The molecule has 1 aromatic rings. The van der Waals surface area contributed by atoms with E-state index >= 15 is 0 Å². The molecule has 6 heteroatoms. The molecule has 0 aromatic heterocycles. The SMILES string of the molecule is COc1cccc(C(CNC(=O)CC2COCCN2)N(C)C)c1. The molecular weight excluding hydrogens is 294 g/mol. The minimum Gasteiger partial charge on any atom is -0.497 e. The number of nitrogens with one attached hydrogen (secondary N) is 2. The number of nitrogens with zero attached hydrogens (tertiary/aromatic N) is 1. The number of carbonyl (C=O) groups excluding carboxylic acids is 1. The smallest absolute Gasteiger partial charge is 0.221 e. The molecule has 0 aliphatic carbocycles. The maximum atomic E-state index is 12.1. The topological polar surface area (TPSA) is 62.8 Å². The van der Waals surface area contributed by atoms with Gasteiger partial charge < -0.3 is 25.0 Å². The summed E-state index contributed by atoms with van der Waals surface area (Å²) in [6.45, 7) is 2.69. The predicted octanol–water partition coefficient (Wildman–Crippen LogP) is 0.793. The summed E-state index contributed by atoms with van der Waals surface area (Å²) in [5, 5.41) is 6.32. The third-order valence-corrected chi connectivity index (χ3v) is 4.02. The summed E-state index contributed by atoms with van der Waals surface area (Å²) in [4.78, 5) is 14.2. The van der Waals surface area contributed by atoms with Gasteiger partial charge in [-0.3, -0.25) is 4.79 Å². The second-order valence-corrected chi connectivity index (χ2v) is 5.99. The number of methoxy groups -OCH3 is 1. The first-order chi connectivity index (χ1) is 11.1. The minimum absolute atomic E-state index is 0.0442. The van der Waals surface area contributed by atoms with E-state index in [-0.39, 0.29) is 18.0 Å². The van der Waals surface area contributed by atoms with E-state index < -0.39 is 0 Å². The molecule has 1 amide bonds. The zero-order valence-electron chi connectivity index (χ0n) is 14.2. The number of benzene rings is 1. The first-order valence-electron chi connectivity index (χ1n) is 7.98. The molecule has 1 saturated heterocycles. The first kappa shape index (κ1) is 17.7. The van der Waals surface area contributed by atoms with Gasteiger partial charge in [0.1, 0.15) is 5.75 Å². The third-order valence-electron chi connectivity index (χ3n) is 4.02. The molecule has 0 saturated carbocycles. The van der Waals surface area contributed by atoms with Crippen molar-refractivity contribution in [1.29, 1.82) is 0 Å². The van der Waals surface area contributed by atoms with Crippen molar-refractivity contribution in [1.82, 2.24) is 15.5 Å². The molecular formula is C17H27N3O3. The zero-order valence-corrected chi connectivity index (χ0v) is 14.2. The van der Waals surface area contributed by atoms with E-state index in [9.17, 15) is 4.79 Å². The van der Waals surface area contributed by atoms with Crippen molar-refractivity contribution in [3.63, 3.8) is 0 Å². The molecule has 6 nitrogen and oxygen atoms in total. The van der Waals surface area contributed by atoms with E-state index in [1.807, 2.05) is 32.3 Å². The second-order valence-electron chi connectivity index (χ2n) is 5.99. The van der Waals surface area contributed by atoms with Gasteiger partial charge >= 0.3 is 0 Å².